The van der Waals surface area contributed by atoms with Gasteiger partial charge in [0.05, 0.1) is 0 Å². The molecule has 0 saturated carbocycles. The first-order valence-corrected chi connectivity index (χ1v) is 10.4. The molecule has 1 fully saturated rings. The van der Waals surface area contributed by atoms with E-state index in [9.17, 15) is 4.79 Å². The quantitative estimate of drug-likeness (QED) is 0.510. The molecule has 0 spiro atoms. The molecule has 0 bridgehead atoms. The summed E-state index contributed by atoms with van der Waals surface area (Å²) in [6.45, 7) is 2.58. The molecule has 5 rings (SSSR count). The first-order valence-electron chi connectivity index (χ1n) is 10.00. The molecule has 0 atom stereocenters. The van der Waals surface area contributed by atoms with Gasteiger partial charge >= 0.3 is 0 Å². The van der Waals surface area contributed by atoms with E-state index in [-0.39, 0.29) is 5.91 Å². The Morgan fingerprint density at radius 3 is 2.58 bits per heavy atom. The SMILES string of the molecule is O=C(c1ccccc1)N1CCN(c2n[nH]c3ncnc(Nc4cccc(Cl)c4)c23)CC1. The topological polar surface area (TPSA) is 90.0 Å². The van der Waals surface area contributed by atoms with Crippen molar-refractivity contribution in [3.05, 3.63) is 71.5 Å². The van der Waals surface area contributed by atoms with Crippen LogP contribution in [0.15, 0.2) is 60.9 Å². The Morgan fingerprint density at radius 2 is 1.81 bits per heavy atom. The third-order valence-corrected chi connectivity index (χ3v) is 5.55. The minimum absolute atomic E-state index is 0.0544. The van der Waals surface area contributed by atoms with Crippen molar-refractivity contribution in [3.8, 4) is 0 Å². The zero-order chi connectivity index (χ0) is 21.2. The van der Waals surface area contributed by atoms with E-state index < -0.39 is 0 Å². The lowest BCUT2D eigenvalue weighted by atomic mass is 10.2. The van der Waals surface area contributed by atoms with Gasteiger partial charge in [0, 0.05) is 42.5 Å². The van der Waals surface area contributed by atoms with E-state index in [2.05, 4.69) is 30.4 Å². The lowest BCUT2D eigenvalue weighted by molar-refractivity contribution is 0.0746. The number of piperazine rings is 1. The highest BCUT2D eigenvalue weighted by molar-refractivity contribution is 6.30. The third kappa shape index (κ3) is 3.89. The van der Waals surface area contributed by atoms with Crippen molar-refractivity contribution in [1.29, 1.82) is 0 Å². The summed E-state index contributed by atoms with van der Waals surface area (Å²) in [4.78, 5) is 25.5. The Hall–Kier alpha value is -3.65. The fourth-order valence-corrected chi connectivity index (χ4v) is 3.95. The number of hydrogen-bond donors (Lipinski definition) is 2. The van der Waals surface area contributed by atoms with Gasteiger partial charge in [-0.05, 0) is 30.3 Å². The van der Waals surface area contributed by atoms with Gasteiger partial charge in [-0.3, -0.25) is 9.89 Å². The maximum atomic E-state index is 12.7. The van der Waals surface area contributed by atoms with E-state index in [1.54, 1.807) is 0 Å². The molecule has 8 nitrogen and oxygen atoms in total. The van der Waals surface area contributed by atoms with Gasteiger partial charge in [0.15, 0.2) is 11.5 Å². The van der Waals surface area contributed by atoms with Crippen LogP contribution in [0.1, 0.15) is 10.4 Å². The van der Waals surface area contributed by atoms with Crippen LogP contribution < -0.4 is 10.2 Å². The molecule has 1 saturated heterocycles. The number of amides is 1. The number of fused-ring (bicyclic) bond motifs is 1. The van der Waals surface area contributed by atoms with Crippen molar-refractivity contribution in [2.24, 2.45) is 0 Å². The van der Waals surface area contributed by atoms with Crippen LogP contribution >= 0.6 is 11.6 Å². The zero-order valence-electron chi connectivity index (χ0n) is 16.6. The van der Waals surface area contributed by atoms with E-state index in [4.69, 9.17) is 11.6 Å². The Kier molecular flexibility index (Phi) is 5.13. The summed E-state index contributed by atoms with van der Waals surface area (Å²) in [6, 6.07) is 16.8. The van der Waals surface area contributed by atoms with Crippen molar-refractivity contribution >= 4 is 45.9 Å². The lowest BCUT2D eigenvalue weighted by Crippen LogP contribution is -2.49. The van der Waals surface area contributed by atoms with E-state index in [0.717, 1.165) is 16.9 Å². The average molecular weight is 434 g/mol. The first kappa shape index (κ1) is 19.3. The van der Waals surface area contributed by atoms with Crippen LogP contribution in [0.25, 0.3) is 11.0 Å². The number of nitrogens with zero attached hydrogens (tertiary/aromatic N) is 5. The molecule has 31 heavy (non-hydrogen) atoms. The molecule has 2 aromatic heterocycles. The van der Waals surface area contributed by atoms with E-state index in [0.29, 0.717) is 48.2 Å². The number of benzene rings is 2. The molecule has 3 heterocycles. The highest BCUT2D eigenvalue weighted by Crippen LogP contribution is 2.31. The molecular formula is C22H20ClN7O. The van der Waals surface area contributed by atoms with Crippen molar-refractivity contribution in [3.63, 3.8) is 0 Å². The van der Waals surface area contributed by atoms with Crippen LogP contribution in [-0.4, -0.2) is 57.2 Å². The fraction of sp³-hybridized carbons (Fsp3) is 0.182. The van der Waals surface area contributed by atoms with Crippen molar-refractivity contribution in [1.82, 2.24) is 25.1 Å². The number of nitrogens with one attached hydrogen (secondary N) is 2. The largest absolute Gasteiger partial charge is 0.351 e. The Balaban J connectivity index is 1.37. The van der Waals surface area contributed by atoms with Crippen molar-refractivity contribution in [2.45, 2.75) is 0 Å². The second kappa shape index (κ2) is 8.23. The number of aromatic nitrogens is 4. The highest BCUT2D eigenvalue weighted by Gasteiger charge is 2.26. The second-order valence-corrected chi connectivity index (χ2v) is 7.71. The van der Waals surface area contributed by atoms with Gasteiger partial charge < -0.3 is 15.1 Å². The number of hydrogen-bond acceptors (Lipinski definition) is 6. The number of rotatable bonds is 4. The number of aromatic amines is 1. The molecule has 1 aliphatic rings. The molecule has 4 aromatic rings. The molecule has 1 aliphatic heterocycles. The predicted molar refractivity (Wildman–Crippen MR) is 121 cm³/mol. The maximum absolute atomic E-state index is 12.7. The van der Waals surface area contributed by atoms with Gasteiger partial charge in [0.1, 0.15) is 17.5 Å². The lowest BCUT2D eigenvalue weighted by Gasteiger charge is -2.35. The number of carbonyl (C=O) groups is 1. The minimum Gasteiger partial charge on any atom is -0.351 e. The van der Waals surface area contributed by atoms with Crippen LogP contribution in [0.3, 0.4) is 0 Å². The average Bonchev–Trinajstić information content (AvgIpc) is 3.25. The van der Waals surface area contributed by atoms with Crippen LogP contribution in [-0.2, 0) is 0 Å². The van der Waals surface area contributed by atoms with Gasteiger partial charge in [-0.15, -0.1) is 0 Å². The predicted octanol–water partition coefficient (Wildman–Crippen LogP) is 3.71. The molecule has 2 N–H and O–H groups in total. The summed E-state index contributed by atoms with van der Waals surface area (Å²) in [7, 11) is 0. The number of carbonyl (C=O) groups excluding carboxylic acids is 1. The van der Waals surface area contributed by atoms with Gasteiger partial charge in [-0.2, -0.15) is 5.10 Å². The molecule has 0 unspecified atom stereocenters. The van der Waals surface area contributed by atoms with Crippen LogP contribution in [0, 0.1) is 0 Å². The minimum atomic E-state index is 0.0544. The second-order valence-electron chi connectivity index (χ2n) is 7.27. The monoisotopic (exact) mass is 433 g/mol. The number of halogens is 1. The fourth-order valence-electron chi connectivity index (χ4n) is 3.76. The van der Waals surface area contributed by atoms with E-state index in [1.165, 1.54) is 6.33 Å². The number of H-pyrrole nitrogens is 1. The Bertz CT molecular complexity index is 1220. The van der Waals surface area contributed by atoms with E-state index >= 15 is 0 Å². The third-order valence-electron chi connectivity index (χ3n) is 5.31. The normalized spacial score (nSPS) is 14.1. The summed E-state index contributed by atoms with van der Waals surface area (Å²) in [5, 5.41) is 12.3. The zero-order valence-corrected chi connectivity index (χ0v) is 17.4. The van der Waals surface area contributed by atoms with Gasteiger partial charge in [0.2, 0.25) is 0 Å². The van der Waals surface area contributed by atoms with Crippen molar-refractivity contribution in [2.75, 3.05) is 36.4 Å². The Labute approximate surface area is 183 Å². The standard InChI is InChI=1S/C22H20ClN7O/c23-16-7-4-8-17(13-16)26-19-18-20(25-14-24-19)27-28-21(18)29-9-11-30(12-10-29)22(31)15-5-2-1-3-6-15/h1-8,13-14H,9-12H2,(H2,24,25,26,27,28). The summed E-state index contributed by atoms with van der Waals surface area (Å²) in [5.74, 6) is 1.48. The van der Waals surface area contributed by atoms with Gasteiger partial charge in [-0.25, -0.2) is 9.97 Å². The molecular weight excluding hydrogens is 414 g/mol. The van der Waals surface area contributed by atoms with E-state index in [1.807, 2.05) is 59.5 Å². The molecule has 1 amide bonds. The highest BCUT2D eigenvalue weighted by atomic mass is 35.5. The summed E-state index contributed by atoms with van der Waals surface area (Å²) < 4.78 is 0. The Morgan fingerprint density at radius 1 is 1.00 bits per heavy atom. The van der Waals surface area contributed by atoms with Crippen LogP contribution in [0.4, 0.5) is 17.3 Å². The molecule has 2 aromatic carbocycles. The molecule has 9 heteroatoms. The number of anilines is 3. The van der Waals surface area contributed by atoms with Crippen LogP contribution in [0.5, 0.6) is 0 Å². The summed E-state index contributed by atoms with van der Waals surface area (Å²) in [5.41, 5.74) is 2.19. The molecule has 156 valence electrons. The summed E-state index contributed by atoms with van der Waals surface area (Å²) >= 11 is 6.11. The smallest absolute Gasteiger partial charge is 0.253 e. The maximum Gasteiger partial charge on any atom is 0.253 e. The van der Waals surface area contributed by atoms with Crippen molar-refractivity contribution < 1.29 is 4.79 Å². The molecule has 0 aliphatic carbocycles. The molecule has 0 radical (unpaired) electrons. The van der Waals surface area contributed by atoms with Gasteiger partial charge in [-0.1, -0.05) is 35.9 Å². The first-order chi connectivity index (χ1) is 15.2. The van der Waals surface area contributed by atoms with Crippen LogP contribution in [0.2, 0.25) is 5.02 Å². The van der Waals surface area contributed by atoms with Gasteiger partial charge in [0.25, 0.3) is 5.91 Å². The summed E-state index contributed by atoms with van der Waals surface area (Å²) in [6.07, 6.45) is 1.49.